The highest BCUT2D eigenvalue weighted by molar-refractivity contribution is 9.11. The second-order valence-electron chi connectivity index (χ2n) is 3.98. The third-order valence-corrected chi connectivity index (χ3v) is 4.38. The summed E-state index contributed by atoms with van der Waals surface area (Å²) < 4.78 is 1.56. The molecule has 2 aromatic heterocycles. The van der Waals surface area contributed by atoms with Gasteiger partial charge in [0.2, 0.25) is 0 Å². The van der Waals surface area contributed by atoms with Crippen LogP contribution in [0.15, 0.2) is 45.7 Å². The quantitative estimate of drug-likeness (QED) is 0.603. The van der Waals surface area contributed by atoms with Gasteiger partial charge >= 0.3 is 0 Å². The van der Waals surface area contributed by atoms with Crippen LogP contribution in [0.25, 0.3) is 10.9 Å². The molecule has 100 valence electrons. The van der Waals surface area contributed by atoms with Gasteiger partial charge in [-0.05, 0) is 44.0 Å². The predicted octanol–water partition coefficient (Wildman–Crippen LogP) is 4.95. The highest BCUT2D eigenvalue weighted by Gasteiger charge is 2.09. The van der Waals surface area contributed by atoms with Crippen molar-refractivity contribution in [2.24, 2.45) is 0 Å². The Morgan fingerprint density at radius 1 is 1.10 bits per heavy atom. The van der Waals surface area contributed by atoms with Gasteiger partial charge in [0.15, 0.2) is 0 Å². The lowest BCUT2D eigenvalue weighted by Gasteiger charge is -2.10. The summed E-state index contributed by atoms with van der Waals surface area (Å²) >= 11 is 12.7. The van der Waals surface area contributed by atoms with E-state index in [2.05, 4.69) is 52.1 Å². The van der Waals surface area contributed by atoms with E-state index in [9.17, 15) is 0 Å². The summed E-state index contributed by atoms with van der Waals surface area (Å²) in [5.41, 5.74) is 1.71. The van der Waals surface area contributed by atoms with Gasteiger partial charge in [0, 0.05) is 16.1 Å². The van der Waals surface area contributed by atoms with Gasteiger partial charge in [0.05, 0.1) is 15.7 Å². The molecule has 0 aliphatic heterocycles. The van der Waals surface area contributed by atoms with Crippen LogP contribution in [0.4, 0.5) is 11.5 Å². The van der Waals surface area contributed by atoms with Crippen molar-refractivity contribution in [2.75, 3.05) is 5.32 Å². The molecule has 0 unspecified atom stereocenters. The standard InChI is InChI=1S/C13H7Br2ClN4/c14-8-4-7-2-1-3-9(11(7)17-5-8)20-13-10(15)12(16)18-6-19-13/h1-6H,(H,18,19,20). The van der Waals surface area contributed by atoms with E-state index >= 15 is 0 Å². The molecule has 0 amide bonds. The fourth-order valence-corrected chi connectivity index (χ4v) is 2.58. The number of pyridine rings is 1. The number of aromatic nitrogens is 3. The first-order valence-electron chi connectivity index (χ1n) is 5.62. The number of para-hydroxylation sites is 1. The Labute approximate surface area is 136 Å². The summed E-state index contributed by atoms with van der Waals surface area (Å²) in [5.74, 6) is 0.599. The molecule has 7 heteroatoms. The number of benzene rings is 1. The lowest BCUT2D eigenvalue weighted by Crippen LogP contribution is -1.97. The molecule has 20 heavy (non-hydrogen) atoms. The van der Waals surface area contributed by atoms with Crippen LogP contribution in [0.3, 0.4) is 0 Å². The molecule has 1 N–H and O–H groups in total. The minimum atomic E-state index is 0.360. The third-order valence-electron chi connectivity index (χ3n) is 2.68. The second-order valence-corrected chi connectivity index (χ2v) is 6.05. The van der Waals surface area contributed by atoms with Gasteiger partial charge in [-0.3, -0.25) is 4.98 Å². The minimum Gasteiger partial charge on any atom is -0.337 e. The van der Waals surface area contributed by atoms with Crippen LogP contribution in [0.1, 0.15) is 0 Å². The number of hydrogen-bond donors (Lipinski definition) is 1. The Morgan fingerprint density at radius 3 is 2.80 bits per heavy atom. The van der Waals surface area contributed by atoms with E-state index in [4.69, 9.17) is 11.6 Å². The van der Waals surface area contributed by atoms with Gasteiger partial charge in [-0.25, -0.2) is 9.97 Å². The molecule has 3 rings (SSSR count). The molecule has 0 aliphatic carbocycles. The topological polar surface area (TPSA) is 50.7 Å². The molecule has 0 bridgehead atoms. The van der Waals surface area contributed by atoms with E-state index in [-0.39, 0.29) is 0 Å². The Balaban J connectivity index is 2.09. The Hall–Kier alpha value is -1.24. The van der Waals surface area contributed by atoms with Gasteiger partial charge in [0.25, 0.3) is 0 Å². The van der Waals surface area contributed by atoms with E-state index < -0.39 is 0 Å². The molecule has 1 aromatic carbocycles. The monoisotopic (exact) mass is 412 g/mol. The van der Waals surface area contributed by atoms with Crippen molar-refractivity contribution in [1.82, 2.24) is 15.0 Å². The molecule has 0 fully saturated rings. The van der Waals surface area contributed by atoms with Gasteiger partial charge in [-0.1, -0.05) is 23.7 Å². The average molecular weight is 414 g/mol. The zero-order valence-corrected chi connectivity index (χ0v) is 13.9. The number of anilines is 2. The third kappa shape index (κ3) is 2.63. The maximum absolute atomic E-state index is 5.96. The van der Waals surface area contributed by atoms with Crippen molar-refractivity contribution in [3.8, 4) is 0 Å². The van der Waals surface area contributed by atoms with Crippen LogP contribution in [0.2, 0.25) is 5.15 Å². The Kier molecular flexibility index (Phi) is 3.87. The van der Waals surface area contributed by atoms with Gasteiger partial charge in [0.1, 0.15) is 17.3 Å². The van der Waals surface area contributed by atoms with Crippen molar-refractivity contribution < 1.29 is 0 Å². The molecule has 4 nitrogen and oxygen atoms in total. The number of nitrogens with zero attached hydrogens (tertiary/aromatic N) is 3. The number of rotatable bonds is 2. The van der Waals surface area contributed by atoms with Crippen LogP contribution in [-0.2, 0) is 0 Å². The molecule has 0 spiro atoms. The molecule has 0 atom stereocenters. The van der Waals surface area contributed by atoms with Crippen LogP contribution < -0.4 is 5.32 Å². The lowest BCUT2D eigenvalue weighted by atomic mass is 10.2. The summed E-state index contributed by atoms with van der Waals surface area (Å²) in [5, 5.41) is 4.60. The van der Waals surface area contributed by atoms with Crippen molar-refractivity contribution >= 4 is 65.9 Å². The molecule has 3 aromatic rings. The van der Waals surface area contributed by atoms with E-state index in [0.29, 0.717) is 15.4 Å². The molecular weight excluding hydrogens is 407 g/mol. The van der Waals surface area contributed by atoms with Gasteiger partial charge < -0.3 is 5.32 Å². The van der Waals surface area contributed by atoms with E-state index in [1.807, 2.05) is 24.3 Å². The van der Waals surface area contributed by atoms with Gasteiger partial charge in [-0.2, -0.15) is 0 Å². The summed E-state index contributed by atoms with van der Waals surface area (Å²) in [6, 6.07) is 7.90. The lowest BCUT2D eigenvalue weighted by molar-refractivity contribution is 1.15. The smallest absolute Gasteiger partial charge is 0.149 e. The average Bonchev–Trinajstić information content (AvgIpc) is 2.44. The summed E-state index contributed by atoms with van der Waals surface area (Å²) in [7, 11) is 0. The van der Waals surface area contributed by atoms with Crippen LogP contribution >= 0.6 is 43.5 Å². The van der Waals surface area contributed by atoms with Crippen LogP contribution in [0, 0.1) is 0 Å². The van der Waals surface area contributed by atoms with Crippen molar-refractivity contribution in [3.63, 3.8) is 0 Å². The van der Waals surface area contributed by atoms with Crippen molar-refractivity contribution in [2.45, 2.75) is 0 Å². The predicted molar refractivity (Wildman–Crippen MR) is 87.5 cm³/mol. The number of fused-ring (bicyclic) bond motifs is 1. The minimum absolute atomic E-state index is 0.360. The van der Waals surface area contributed by atoms with E-state index in [0.717, 1.165) is 21.1 Å². The highest BCUT2D eigenvalue weighted by Crippen LogP contribution is 2.31. The van der Waals surface area contributed by atoms with E-state index in [1.165, 1.54) is 6.33 Å². The highest BCUT2D eigenvalue weighted by atomic mass is 79.9. The normalized spacial score (nSPS) is 10.8. The molecule has 0 aliphatic rings. The number of hydrogen-bond acceptors (Lipinski definition) is 4. The first-order chi connectivity index (χ1) is 9.65. The SMILES string of the molecule is Clc1ncnc(Nc2cccc3cc(Br)cnc23)c1Br. The second kappa shape index (κ2) is 5.63. The first-order valence-corrected chi connectivity index (χ1v) is 7.59. The summed E-state index contributed by atoms with van der Waals surface area (Å²) in [6.45, 7) is 0. The molecule has 2 heterocycles. The molecular formula is C13H7Br2ClN4. The van der Waals surface area contributed by atoms with Crippen molar-refractivity contribution in [1.29, 1.82) is 0 Å². The van der Waals surface area contributed by atoms with Gasteiger partial charge in [-0.15, -0.1) is 0 Å². The summed E-state index contributed by atoms with van der Waals surface area (Å²) in [6.07, 6.45) is 3.17. The van der Waals surface area contributed by atoms with Crippen molar-refractivity contribution in [3.05, 3.63) is 50.9 Å². The fourth-order valence-electron chi connectivity index (χ4n) is 1.80. The largest absolute Gasteiger partial charge is 0.337 e. The summed E-state index contributed by atoms with van der Waals surface area (Å²) in [4.78, 5) is 12.5. The Morgan fingerprint density at radius 2 is 1.95 bits per heavy atom. The zero-order chi connectivity index (χ0) is 14.1. The number of halogens is 3. The Bertz CT molecular complexity index is 794. The fraction of sp³-hybridized carbons (Fsp3) is 0. The molecule has 0 saturated heterocycles. The number of nitrogens with one attached hydrogen (secondary N) is 1. The maximum Gasteiger partial charge on any atom is 0.149 e. The zero-order valence-electron chi connectivity index (χ0n) is 9.94. The van der Waals surface area contributed by atoms with Crippen LogP contribution in [-0.4, -0.2) is 15.0 Å². The maximum atomic E-state index is 5.96. The molecule has 0 saturated carbocycles. The molecule has 0 radical (unpaired) electrons. The van der Waals surface area contributed by atoms with E-state index in [1.54, 1.807) is 6.20 Å². The first kappa shape index (κ1) is 13.7. The van der Waals surface area contributed by atoms with Crippen LogP contribution in [0.5, 0.6) is 0 Å².